The maximum atomic E-state index is 13.8. The summed E-state index contributed by atoms with van der Waals surface area (Å²) < 4.78 is 18.3. The van der Waals surface area contributed by atoms with Gasteiger partial charge in [-0.15, -0.1) is 0 Å². The highest BCUT2D eigenvalue weighted by Crippen LogP contribution is 2.65. The van der Waals surface area contributed by atoms with Gasteiger partial charge in [-0.1, -0.05) is 47.5 Å². The Morgan fingerprint density at radius 1 is 1.08 bits per heavy atom. The third-order valence-corrected chi connectivity index (χ3v) is 7.97. The van der Waals surface area contributed by atoms with Crippen LogP contribution in [0.3, 0.4) is 0 Å². The van der Waals surface area contributed by atoms with E-state index in [2.05, 4.69) is 10.6 Å². The molecule has 37 heavy (non-hydrogen) atoms. The Kier molecular flexibility index (Phi) is 7.69. The molecule has 1 saturated heterocycles. The Labute approximate surface area is 217 Å². The van der Waals surface area contributed by atoms with E-state index in [1.54, 1.807) is 20.8 Å². The molecule has 3 fully saturated rings. The number of carbonyl (C=O) groups excluding carboxylic acids is 5. The Hall–Kier alpha value is -2.72. The van der Waals surface area contributed by atoms with Gasteiger partial charge in [-0.05, 0) is 48.9 Å². The second-order valence-corrected chi connectivity index (χ2v) is 13.1. The molecule has 5 atom stereocenters. The lowest BCUT2D eigenvalue weighted by atomic mass is 9.85. The number of primary amides is 1. The number of piperidine rings is 1. The van der Waals surface area contributed by atoms with Crippen LogP contribution in [0.4, 0.5) is 9.18 Å². The number of halogens is 1. The van der Waals surface area contributed by atoms with Gasteiger partial charge in [0.15, 0.2) is 0 Å². The van der Waals surface area contributed by atoms with Crippen molar-refractivity contribution in [2.75, 3.05) is 13.2 Å². The molecule has 1 heterocycles. The minimum atomic E-state index is -1.36. The molecule has 4 unspecified atom stereocenters. The van der Waals surface area contributed by atoms with E-state index in [0.717, 1.165) is 12.8 Å². The maximum Gasteiger partial charge on any atom is 0.408 e. The summed E-state index contributed by atoms with van der Waals surface area (Å²) in [5.74, 6) is -2.77. The highest BCUT2D eigenvalue weighted by molar-refractivity contribution is 6.37. The number of likely N-dealkylation sites (tertiary alicyclic amines) is 1. The predicted molar refractivity (Wildman–Crippen MR) is 133 cm³/mol. The first-order valence-electron chi connectivity index (χ1n) is 12.9. The molecular formula is C26H41FN4O6. The van der Waals surface area contributed by atoms with Crippen molar-refractivity contribution in [3.63, 3.8) is 0 Å². The van der Waals surface area contributed by atoms with Crippen molar-refractivity contribution < 1.29 is 33.1 Å². The SMILES string of the molecule is CC(C)(CF)OC(=O)NC(C(=O)N1CC2C([C@H]1C(=O)NC(CC1CC1)C(=O)C(N)=O)C2(C)C)C(C)(C)C. The summed E-state index contributed by atoms with van der Waals surface area (Å²) >= 11 is 0. The van der Waals surface area contributed by atoms with Crippen LogP contribution in [0.15, 0.2) is 0 Å². The number of ether oxygens (including phenoxy) is 1. The minimum absolute atomic E-state index is 0.0685. The lowest BCUT2D eigenvalue weighted by Crippen LogP contribution is -2.60. The van der Waals surface area contributed by atoms with E-state index in [1.807, 2.05) is 13.8 Å². The van der Waals surface area contributed by atoms with E-state index in [9.17, 15) is 28.4 Å². The summed E-state index contributed by atoms with van der Waals surface area (Å²) in [6, 6.07) is -2.97. The number of nitrogens with one attached hydrogen (secondary N) is 2. The molecular weight excluding hydrogens is 483 g/mol. The van der Waals surface area contributed by atoms with E-state index >= 15 is 0 Å². The molecule has 11 heteroatoms. The first-order chi connectivity index (χ1) is 16.9. The molecule has 0 spiro atoms. The highest BCUT2D eigenvalue weighted by atomic mass is 19.1. The predicted octanol–water partition coefficient (Wildman–Crippen LogP) is 1.70. The van der Waals surface area contributed by atoms with Crippen LogP contribution in [-0.4, -0.2) is 71.4 Å². The number of alkyl carbamates (subject to hydrolysis) is 1. The fraction of sp³-hybridized carbons (Fsp3) is 0.808. The van der Waals surface area contributed by atoms with Gasteiger partial charge in [0.1, 0.15) is 24.4 Å². The zero-order valence-electron chi connectivity index (χ0n) is 22.9. The van der Waals surface area contributed by atoms with Gasteiger partial charge in [-0.25, -0.2) is 9.18 Å². The van der Waals surface area contributed by atoms with Crippen molar-refractivity contribution in [2.24, 2.45) is 34.3 Å². The van der Waals surface area contributed by atoms with Crippen LogP contribution in [-0.2, 0) is 23.9 Å². The van der Waals surface area contributed by atoms with Crippen LogP contribution < -0.4 is 16.4 Å². The molecule has 10 nitrogen and oxygen atoms in total. The largest absolute Gasteiger partial charge is 0.441 e. The van der Waals surface area contributed by atoms with Crippen LogP contribution in [0.25, 0.3) is 0 Å². The van der Waals surface area contributed by atoms with Crippen molar-refractivity contribution in [2.45, 2.75) is 91.5 Å². The molecule has 1 aliphatic heterocycles. The molecule has 0 aromatic carbocycles. The molecule has 0 bridgehead atoms. The number of carbonyl (C=O) groups is 5. The fourth-order valence-corrected chi connectivity index (χ4v) is 5.40. The van der Waals surface area contributed by atoms with Crippen LogP contribution in [0.5, 0.6) is 0 Å². The summed E-state index contributed by atoms with van der Waals surface area (Å²) in [7, 11) is 0. The summed E-state index contributed by atoms with van der Waals surface area (Å²) in [5.41, 5.74) is 2.92. The molecule has 3 rings (SSSR count). The quantitative estimate of drug-likeness (QED) is 0.371. The Balaban J connectivity index is 1.83. The van der Waals surface area contributed by atoms with Crippen molar-refractivity contribution >= 4 is 29.6 Å². The normalized spacial score (nSPS) is 25.9. The standard InChI is InChI=1S/C26H41FN4O6/c1-24(2,3)19(30-23(36)37-25(4,5)12-27)22(35)31-11-14-16(26(14,6)7)17(31)21(34)29-15(10-13-8-9-13)18(32)20(28)33/h13-17,19H,8-12H2,1-7H3,(H2,28,33)(H,29,34)(H,30,36)/t14?,15?,16?,17-,19?/m0/s1. The number of Topliss-reactive ketones (excluding diaryl/α,β-unsaturated/α-hetero) is 1. The first-order valence-corrected chi connectivity index (χ1v) is 12.9. The molecule has 4 N–H and O–H groups in total. The minimum Gasteiger partial charge on any atom is -0.441 e. The Morgan fingerprint density at radius 2 is 1.68 bits per heavy atom. The topological polar surface area (TPSA) is 148 Å². The second-order valence-electron chi connectivity index (χ2n) is 13.1. The van der Waals surface area contributed by atoms with Gasteiger partial charge in [0.25, 0.3) is 5.91 Å². The van der Waals surface area contributed by atoms with Crippen LogP contribution in [0.1, 0.15) is 67.7 Å². The number of ketones is 1. The van der Waals surface area contributed by atoms with E-state index in [0.29, 0.717) is 13.0 Å². The van der Waals surface area contributed by atoms with Gasteiger partial charge >= 0.3 is 6.09 Å². The van der Waals surface area contributed by atoms with E-state index < -0.39 is 65.4 Å². The third-order valence-electron chi connectivity index (χ3n) is 7.97. The fourth-order valence-electron chi connectivity index (χ4n) is 5.40. The molecule has 2 aliphatic carbocycles. The summed E-state index contributed by atoms with van der Waals surface area (Å²) in [6.07, 6.45) is 1.23. The number of nitrogens with zero attached hydrogens (tertiary/aromatic N) is 1. The Morgan fingerprint density at radius 3 is 2.16 bits per heavy atom. The molecule has 2 saturated carbocycles. The van der Waals surface area contributed by atoms with Crippen LogP contribution in [0, 0.1) is 28.6 Å². The van der Waals surface area contributed by atoms with Gasteiger partial charge in [-0.2, -0.15) is 0 Å². The van der Waals surface area contributed by atoms with E-state index in [-0.39, 0.29) is 23.2 Å². The smallest absolute Gasteiger partial charge is 0.408 e. The first kappa shape index (κ1) is 28.8. The zero-order chi connectivity index (χ0) is 28.1. The van der Waals surface area contributed by atoms with Crippen molar-refractivity contribution in [3.05, 3.63) is 0 Å². The number of rotatable bonds is 10. The Bertz CT molecular complexity index is 971. The van der Waals surface area contributed by atoms with Crippen molar-refractivity contribution in [1.29, 1.82) is 0 Å². The summed E-state index contributed by atoms with van der Waals surface area (Å²) in [4.78, 5) is 65.4. The van der Waals surface area contributed by atoms with Crippen LogP contribution >= 0.6 is 0 Å². The average molecular weight is 525 g/mol. The molecule has 3 aliphatic rings. The van der Waals surface area contributed by atoms with Gasteiger partial charge < -0.3 is 26.0 Å². The van der Waals surface area contributed by atoms with Gasteiger partial charge in [0, 0.05) is 6.54 Å². The van der Waals surface area contributed by atoms with Gasteiger partial charge in [0.05, 0.1) is 6.04 Å². The van der Waals surface area contributed by atoms with Crippen LogP contribution in [0.2, 0.25) is 0 Å². The molecule has 4 amide bonds. The average Bonchev–Trinajstić information content (AvgIpc) is 3.62. The summed E-state index contributed by atoms with van der Waals surface area (Å²) in [5, 5.41) is 5.29. The molecule has 0 radical (unpaired) electrons. The zero-order valence-corrected chi connectivity index (χ0v) is 22.9. The molecule has 208 valence electrons. The number of alkyl halides is 1. The lowest BCUT2D eigenvalue weighted by molar-refractivity contribution is -0.145. The monoisotopic (exact) mass is 524 g/mol. The van der Waals surface area contributed by atoms with E-state index in [4.69, 9.17) is 10.5 Å². The number of fused-ring (bicyclic) bond motifs is 1. The number of nitrogens with two attached hydrogens (primary N) is 1. The third kappa shape index (κ3) is 6.23. The number of amides is 4. The summed E-state index contributed by atoms with van der Waals surface area (Å²) in [6.45, 7) is 11.6. The highest BCUT2D eigenvalue weighted by Gasteiger charge is 2.70. The lowest BCUT2D eigenvalue weighted by Gasteiger charge is -2.38. The number of hydrogen-bond acceptors (Lipinski definition) is 6. The second kappa shape index (κ2) is 9.87. The van der Waals surface area contributed by atoms with Gasteiger partial charge in [0.2, 0.25) is 17.6 Å². The molecule has 0 aromatic rings. The van der Waals surface area contributed by atoms with Crippen molar-refractivity contribution in [1.82, 2.24) is 15.5 Å². The van der Waals surface area contributed by atoms with E-state index in [1.165, 1.54) is 18.7 Å². The molecule has 0 aromatic heterocycles. The van der Waals surface area contributed by atoms with Gasteiger partial charge in [-0.3, -0.25) is 19.2 Å². The number of hydrogen-bond donors (Lipinski definition) is 3. The maximum absolute atomic E-state index is 13.8. The van der Waals surface area contributed by atoms with Crippen molar-refractivity contribution in [3.8, 4) is 0 Å².